The SMILES string of the molecule is CCN(C(=O)c1cc(F)ccc1F)C(C)C(=O)O. The lowest BCUT2D eigenvalue weighted by Crippen LogP contribution is -2.43. The van der Waals surface area contributed by atoms with E-state index in [1.165, 1.54) is 6.92 Å². The first-order chi connectivity index (χ1) is 8.38. The van der Waals surface area contributed by atoms with Gasteiger partial charge in [0.15, 0.2) is 0 Å². The molecule has 0 bridgehead atoms. The van der Waals surface area contributed by atoms with Crippen molar-refractivity contribution in [1.29, 1.82) is 0 Å². The van der Waals surface area contributed by atoms with Gasteiger partial charge in [0, 0.05) is 6.54 Å². The first-order valence-electron chi connectivity index (χ1n) is 5.37. The number of carboxylic acids is 1. The van der Waals surface area contributed by atoms with Crippen molar-refractivity contribution in [2.45, 2.75) is 19.9 Å². The van der Waals surface area contributed by atoms with E-state index in [0.29, 0.717) is 0 Å². The number of amides is 1. The summed E-state index contributed by atoms with van der Waals surface area (Å²) in [4.78, 5) is 23.7. The van der Waals surface area contributed by atoms with Gasteiger partial charge in [0.25, 0.3) is 5.91 Å². The average molecular weight is 257 g/mol. The Labute approximate surface area is 103 Å². The molecule has 1 aromatic carbocycles. The Balaban J connectivity index is 3.11. The van der Waals surface area contributed by atoms with Crippen molar-refractivity contribution in [3.63, 3.8) is 0 Å². The molecule has 0 aromatic heterocycles. The average Bonchev–Trinajstić information content (AvgIpc) is 2.32. The Kier molecular flexibility index (Phi) is 4.36. The number of carbonyl (C=O) groups excluding carboxylic acids is 1. The molecule has 0 spiro atoms. The number of aliphatic carboxylic acids is 1. The number of rotatable bonds is 4. The summed E-state index contributed by atoms with van der Waals surface area (Å²) in [6, 6.07) is 1.38. The molecule has 1 amide bonds. The predicted octanol–water partition coefficient (Wildman–Crippen LogP) is 1.90. The summed E-state index contributed by atoms with van der Waals surface area (Å²) in [7, 11) is 0. The predicted molar refractivity (Wildman–Crippen MR) is 60.2 cm³/mol. The largest absolute Gasteiger partial charge is 0.480 e. The second-order valence-corrected chi connectivity index (χ2v) is 3.73. The van der Waals surface area contributed by atoms with Crippen LogP contribution in [0.1, 0.15) is 24.2 Å². The zero-order chi connectivity index (χ0) is 13.9. The minimum absolute atomic E-state index is 0.0856. The van der Waals surface area contributed by atoms with E-state index < -0.39 is 35.1 Å². The fraction of sp³-hybridized carbons (Fsp3) is 0.333. The summed E-state index contributed by atoms with van der Waals surface area (Å²) >= 11 is 0. The molecular weight excluding hydrogens is 244 g/mol. The van der Waals surface area contributed by atoms with Crippen LogP contribution in [0.4, 0.5) is 8.78 Å². The fourth-order valence-corrected chi connectivity index (χ4v) is 1.54. The van der Waals surface area contributed by atoms with Crippen molar-refractivity contribution < 1.29 is 23.5 Å². The molecule has 0 radical (unpaired) electrons. The maximum Gasteiger partial charge on any atom is 0.326 e. The lowest BCUT2D eigenvalue weighted by Gasteiger charge is -2.25. The molecule has 0 aliphatic rings. The van der Waals surface area contributed by atoms with E-state index in [-0.39, 0.29) is 6.54 Å². The van der Waals surface area contributed by atoms with Crippen LogP contribution in [0.15, 0.2) is 18.2 Å². The lowest BCUT2D eigenvalue weighted by molar-refractivity contribution is -0.141. The van der Waals surface area contributed by atoms with Crippen LogP contribution in [0.3, 0.4) is 0 Å². The van der Waals surface area contributed by atoms with Crippen LogP contribution in [0.25, 0.3) is 0 Å². The second-order valence-electron chi connectivity index (χ2n) is 3.73. The first-order valence-corrected chi connectivity index (χ1v) is 5.37. The topological polar surface area (TPSA) is 57.6 Å². The Morgan fingerprint density at radius 2 is 2.00 bits per heavy atom. The van der Waals surface area contributed by atoms with E-state index in [1.807, 2.05) is 0 Å². The summed E-state index contributed by atoms with van der Waals surface area (Å²) in [5, 5.41) is 8.84. The standard InChI is InChI=1S/C12H13F2NO3/c1-3-15(7(2)12(17)18)11(16)9-6-8(13)4-5-10(9)14/h4-7H,3H2,1-2H3,(H,17,18). The maximum atomic E-state index is 13.4. The summed E-state index contributed by atoms with van der Waals surface area (Å²) < 4.78 is 26.4. The van der Waals surface area contributed by atoms with E-state index in [9.17, 15) is 18.4 Å². The smallest absolute Gasteiger partial charge is 0.326 e. The molecule has 1 unspecified atom stereocenters. The molecule has 0 heterocycles. The van der Waals surface area contributed by atoms with Crippen molar-refractivity contribution >= 4 is 11.9 Å². The number of hydrogen-bond acceptors (Lipinski definition) is 2. The molecule has 0 aliphatic heterocycles. The second kappa shape index (κ2) is 5.57. The molecule has 98 valence electrons. The van der Waals surface area contributed by atoms with Gasteiger partial charge >= 0.3 is 5.97 Å². The van der Waals surface area contributed by atoms with E-state index in [4.69, 9.17) is 5.11 Å². The molecule has 0 saturated carbocycles. The van der Waals surface area contributed by atoms with Crippen molar-refractivity contribution in [2.24, 2.45) is 0 Å². The lowest BCUT2D eigenvalue weighted by atomic mass is 10.1. The van der Waals surface area contributed by atoms with Gasteiger partial charge in [-0.1, -0.05) is 0 Å². The van der Waals surface area contributed by atoms with E-state index in [1.54, 1.807) is 6.92 Å². The van der Waals surface area contributed by atoms with Crippen LogP contribution in [0.2, 0.25) is 0 Å². The van der Waals surface area contributed by atoms with Gasteiger partial charge < -0.3 is 10.0 Å². The fourth-order valence-electron chi connectivity index (χ4n) is 1.54. The van der Waals surface area contributed by atoms with Gasteiger partial charge in [-0.3, -0.25) is 4.79 Å². The third-order valence-corrected chi connectivity index (χ3v) is 2.59. The number of carboxylic acid groups (broad SMARTS) is 1. The molecule has 1 atom stereocenters. The molecule has 0 aliphatic carbocycles. The van der Waals surface area contributed by atoms with Crippen molar-refractivity contribution in [3.8, 4) is 0 Å². The summed E-state index contributed by atoms with van der Waals surface area (Å²) in [5.41, 5.74) is -0.468. The van der Waals surface area contributed by atoms with Gasteiger partial charge in [0.2, 0.25) is 0 Å². The van der Waals surface area contributed by atoms with Crippen LogP contribution in [-0.2, 0) is 4.79 Å². The monoisotopic (exact) mass is 257 g/mol. The van der Waals surface area contributed by atoms with Gasteiger partial charge in [-0.2, -0.15) is 0 Å². The Morgan fingerprint density at radius 1 is 1.39 bits per heavy atom. The molecule has 1 aromatic rings. The van der Waals surface area contributed by atoms with Crippen LogP contribution >= 0.6 is 0 Å². The highest BCUT2D eigenvalue weighted by Crippen LogP contribution is 2.14. The summed E-state index contributed by atoms with van der Waals surface area (Å²) in [6.07, 6.45) is 0. The number of benzene rings is 1. The number of hydrogen-bond donors (Lipinski definition) is 1. The molecule has 0 saturated heterocycles. The highest BCUT2D eigenvalue weighted by Gasteiger charge is 2.26. The quantitative estimate of drug-likeness (QED) is 0.896. The molecule has 1 N–H and O–H groups in total. The zero-order valence-electron chi connectivity index (χ0n) is 9.98. The molecule has 18 heavy (non-hydrogen) atoms. The minimum atomic E-state index is -1.21. The molecule has 1 rings (SSSR count). The van der Waals surface area contributed by atoms with E-state index in [0.717, 1.165) is 23.1 Å². The Morgan fingerprint density at radius 3 is 2.50 bits per heavy atom. The molecule has 0 fully saturated rings. The van der Waals surface area contributed by atoms with Crippen LogP contribution < -0.4 is 0 Å². The van der Waals surface area contributed by atoms with E-state index >= 15 is 0 Å². The van der Waals surface area contributed by atoms with Gasteiger partial charge in [-0.15, -0.1) is 0 Å². The van der Waals surface area contributed by atoms with Gasteiger partial charge in [-0.05, 0) is 32.0 Å². The number of nitrogens with zero attached hydrogens (tertiary/aromatic N) is 1. The minimum Gasteiger partial charge on any atom is -0.480 e. The van der Waals surface area contributed by atoms with Crippen molar-refractivity contribution in [2.75, 3.05) is 6.54 Å². The van der Waals surface area contributed by atoms with E-state index in [2.05, 4.69) is 0 Å². The van der Waals surface area contributed by atoms with Gasteiger partial charge in [0.1, 0.15) is 17.7 Å². The maximum absolute atomic E-state index is 13.4. The third kappa shape index (κ3) is 2.82. The normalized spacial score (nSPS) is 12.0. The van der Waals surface area contributed by atoms with Crippen molar-refractivity contribution in [3.05, 3.63) is 35.4 Å². The Bertz CT molecular complexity index is 476. The Hall–Kier alpha value is -1.98. The highest BCUT2D eigenvalue weighted by molar-refractivity contribution is 5.96. The number of halogens is 2. The highest BCUT2D eigenvalue weighted by atomic mass is 19.1. The van der Waals surface area contributed by atoms with Crippen LogP contribution in [0, 0.1) is 11.6 Å². The summed E-state index contributed by atoms with van der Waals surface area (Å²) in [5.74, 6) is -3.68. The van der Waals surface area contributed by atoms with Gasteiger partial charge in [-0.25, -0.2) is 13.6 Å². The molecule has 6 heteroatoms. The molecule has 4 nitrogen and oxygen atoms in total. The van der Waals surface area contributed by atoms with Crippen LogP contribution in [-0.4, -0.2) is 34.5 Å². The summed E-state index contributed by atoms with van der Waals surface area (Å²) in [6.45, 7) is 2.96. The first kappa shape index (κ1) is 14.1. The zero-order valence-corrected chi connectivity index (χ0v) is 9.98. The van der Waals surface area contributed by atoms with Gasteiger partial charge in [0.05, 0.1) is 5.56 Å². The molecular formula is C12H13F2NO3. The number of likely N-dealkylation sites (N-methyl/N-ethyl adjacent to an activating group) is 1. The van der Waals surface area contributed by atoms with Crippen molar-refractivity contribution in [1.82, 2.24) is 4.90 Å². The number of carbonyl (C=O) groups is 2. The third-order valence-electron chi connectivity index (χ3n) is 2.59. The van der Waals surface area contributed by atoms with Crippen LogP contribution in [0.5, 0.6) is 0 Å².